The zero-order chi connectivity index (χ0) is 8.15. The first-order chi connectivity index (χ1) is 4.54. The molecule has 0 amide bonds. The quantitative estimate of drug-likeness (QED) is 0.531. The van der Waals surface area contributed by atoms with E-state index in [9.17, 15) is 8.78 Å². The molecule has 0 aromatic rings. The van der Waals surface area contributed by atoms with E-state index in [2.05, 4.69) is 19.7 Å². The molecule has 0 radical (unpaired) electrons. The summed E-state index contributed by atoms with van der Waals surface area (Å²) in [7, 11) is 0. The summed E-state index contributed by atoms with van der Waals surface area (Å²) >= 11 is 0. The van der Waals surface area contributed by atoms with E-state index in [0.29, 0.717) is 0 Å². The van der Waals surface area contributed by atoms with Gasteiger partial charge in [0.2, 0.25) is 0 Å². The maximum Gasteiger partial charge on any atom is 0.118 e. The molecule has 0 saturated carbocycles. The van der Waals surface area contributed by atoms with Crippen molar-refractivity contribution in [3.8, 4) is 0 Å². The Labute approximate surface area is 59.6 Å². The van der Waals surface area contributed by atoms with Crippen molar-refractivity contribution < 1.29 is 8.78 Å². The molecule has 0 unspecified atom stereocenters. The zero-order valence-corrected chi connectivity index (χ0v) is 5.79. The molecule has 0 atom stereocenters. The zero-order valence-electron chi connectivity index (χ0n) is 5.79. The van der Waals surface area contributed by atoms with Crippen molar-refractivity contribution in [1.29, 1.82) is 0 Å². The molecule has 0 aliphatic heterocycles. The number of halogens is 2. The van der Waals surface area contributed by atoms with Crippen LogP contribution in [0.3, 0.4) is 0 Å². The Morgan fingerprint density at radius 2 is 1.50 bits per heavy atom. The fourth-order valence-corrected chi connectivity index (χ4v) is 0.422. The van der Waals surface area contributed by atoms with Crippen molar-refractivity contribution in [1.82, 2.24) is 0 Å². The van der Waals surface area contributed by atoms with Gasteiger partial charge in [0.25, 0.3) is 0 Å². The maximum atomic E-state index is 12.1. The summed E-state index contributed by atoms with van der Waals surface area (Å²) in [5.74, 6) is -1.04. The Hall–Kier alpha value is -0.920. The summed E-state index contributed by atoms with van der Waals surface area (Å²) in [5.41, 5.74) is 0.235. The lowest BCUT2D eigenvalue weighted by Crippen LogP contribution is -1.81. The molecule has 0 N–H and O–H groups in total. The molecule has 0 heterocycles. The van der Waals surface area contributed by atoms with Crippen LogP contribution in [0.4, 0.5) is 8.78 Å². The molecule has 0 bridgehead atoms. The first kappa shape index (κ1) is 9.08. The Bertz CT molecular complexity index is 168. The Morgan fingerprint density at radius 3 is 1.80 bits per heavy atom. The van der Waals surface area contributed by atoms with Crippen LogP contribution in [0.15, 0.2) is 37.0 Å². The first-order valence-electron chi connectivity index (χ1n) is 2.90. The minimum absolute atomic E-state index is 0.127. The third-order valence-corrected chi connectivity index (χ3v) is 1.08. The van der Waals surface area contributed by atoms with Crippen LogP contribution in [0.2, 0.25) is 0 Å². The van der Waals surface area contributed by atoms with Crippen molar-refractivity contribution in [3.05, 3.63) is 37.0 Å². The number of allylic oxidation sites excluding steroid dienone is 3. The summed E-state index contributed by atoms with van der Waals surface area (Å²) in [4.78, 5) is 0. The smallest absolute Gasteiger partial charge is 0.118 e. The molecule has 0 aliphatic carbocycles. The molecule has 56 valence electrons. The summed E-state index contributed by atoms with van der Waals surface area (Å²) in [6.45, 7) is 9.39. The van der Waals surface area contributed by atoms with Crippen LogP contribution in [0.1, 0.15) is 12.8 Å². The second-order valence-corrected chi connectivity index (χ2v) is 2.03. The van der Waals surface area contributed by atoms with Gasteiger partial charge in [0, 0.05) is 6.42 Å². The molecule has 0 spiro atoms. The highest BCUT2D eigenvalue weighted by Crippen LogP contribution is 2.15. The van der Waals surface area contributed by atoms with E-state index in [4.69, 9.17) is 0 Å². The van der Waals surface area contributed by atoms with Crippen molar-refractivity contribution in [3.63, 3.8) is 0 Å². The van der Waals surface area contributed by atoms with Crippen molar-refractivity contribution >= 4 is 0 Å². The summed E-state index contributed by atoms with van der Waals surface area (Å²) < 4.78 is 24.0. The monoisotopic (exact) mass is 144 g/mol. The second kappa shape index (κ2) is 3.99. The van der Waals surface area contributed by atoms with Crippen LogP contribution in [0.25, 0.3) is 0 Å². The fraction of sp³-hybridized carbons (Fsp3) is 0.250. The molecule has 0 saturated heterocycles. The van der Waals surface area contributed by atoms with E-state index >= 15 is 0 Å². The molecule has 0 aromatic carbocycles. The molecular weight excluding hydrogens is 134 g/mol. The molecule has 0 rings (SSSR count). The number of rotatable bonds is 4. The average Bonchev–Trinajstić information content (AvgIpc) is 1.82. The molecule has 0 fully saturated rings. The van der Waals surface area contributed by atoms with Crippen molar-refractivity contribution in [2.45, 2.75) is 12.8 Å². The molecular formula is C8H10F2. The lowest BCUT2D eigenvalue weighted by Gasteiger charge is -1.98. The molecule has 10 heavy (non-hydrogen) atoms. The van der Waals surface area contributed by atoms with Crippen LogP contribution >= 0.6 is 0 Å². The standard InChI is InChI=1S/C8H10F2/c1-6(8(3)10)4-5-7(2)9/h1-5H2. The van der Waals surface area contributed by atoms with Gasteiger partial charge in [-0.2, -0.15) is 0 Å². The topological polar surface area (TPSA) is 0 Å². The normalized spacial score (nSPS) is 9.00. The summed E-state index contributed by atoms with van der Waals surface area (Å²) in [5, 5.41) is 0. The summed E-state index contributed by atoms with van der Waals surface area (Å²) in [6.07, 6.45) is 0.381. The van der Waals surface area contributed by atoms with Gasteiger partial charge >= 0.3 is 0 Å². The van der Waals surface area contributed by atoms with Gasteiger partial charge in [-0.25, -0.2) is 8.78 Å². The van der Waals surface area contributed by atoms with Crippen LogP contribution in [-0.2, 0) is 0 Å². The van der Waals surface area contributed by atoms with Crippen molar-refractivity contribution in [2.24, 2.45) is 0 Å². The third kappa shape index (κ3) is 4.01. The highest BCUT2D eigenvalue weighted by Gasteiger charge is 1.98. The minimum atomic E-state index is -0.582. The van der Waals surface area contributed by atoms with Gasteiger partial charge in [0.15, 0.2) is 0 Å². The lowest BCUT2D eigenvalue weighted by molar-refractivity contribution is 0.581. The molecule has 0 aliphatic rings. The van der Waals surface area contributed by atoms with Crippen LogP contribution < -0.4 is 0 Å². The van der Waals surface area contributed by atoms with E-state index in [0.717, 1.165) is 0 Å². The van der Waals surface area contributed by atoms with Gasteiger partial charge in [-0.15, -0.1) is 0 Å². The van der Waals surface area contributed by atoms with E-state index in [1.165, 1.54) is 0 Å². The van der Waals surface area contributed by atoms with E-state index in [1.54, 1.807) is 0 Å². The molecule has 0 nitrogen and oxygen atoms in total. The van der Waals surface area contributed by atoms with Gasteiger partial charge in [-0.1, -0.05) is 19.7 Å². The van der Waals surface area contributed by atoms with Gasteiger partial charge in [0.1, 0.15) is 5.83 Å². The lowest BCUT2D eigenvalue weighted by atomic mass is 10.1. The first-order valence-corrected chi connectivity index (χ1v) is 2.90. The third-order valence-electron chi connectivity index (χ3n) is 1.08. The molecule has 0 aromatic heterocycles. The predicted octanol–water partition coefficient (Wildman–Crippen LogP) is 3.29. The largest absolute Gasteiger partial charge is 0.212 e. The van der Waals surface area contributed by atoms with E-state index in [-0.39, 0.29) is 18.4 Å². The van der Waals surface area contributed by atoms with Crippen LogP contribution in [0, 0.1) is 0 Å². The number of hydrogen-bond acceptors (Lipinski definition) is 0. The minimum Gasteiger partial charge on any atom is -0.212 e. The number of hydrogen-bond donors (Lipinski definition) is 0. The second-order valence-electron chi connectivity index (χ2n) is 2.03. The van der Waals surface area contributed by atoms with Crippen LogP contribution in [0.5, 0.6) is 0 Å². The highest BCUT2D eigenvalue weighted by atomic mass is 19.1. The van der Waals surface area contributed by atoms with Gasteiger partial charge in [-0.3, -0.25) is 0 Å². The molecule has 2 heteroatoms. The van der Waals surface area contributed by atoms with Gasteiger partial charge in [0.05, 0.1) is 5.83 Å². The van der Waals surface area contributed by atoms with Gasteiger partial charge < -0.3 is 0 Å². The Kier molecular flexibility index (Phi) is 3.62. The van der Waals surface area contributed by atoms with Crippen molar-refractivity contribution in [2.75, 3.05) is 0 Å². The fourth-order valence-electron chi connectivity index (χ4n) is 0.422. The van der Waals surface area contributed by atoms with E-state index < -0.39 is 11.7 Å². The average molecular weight is 144 g/mol. The Balaban J connectivity index is 3.60. The van der Waals surface area contributed by atoms with Crippen LogP contribution in [-0.4, -0.2) is 0 Å². The SMILES string of the molecule is C=C(F)CCC(=C)C(=C)F. The Morgan fingerprint density at radius 1 is 1.00 bits per heavy atom. The van der Waals surface area contributed by atoms with Gasteiger partial charge in [-0.05, 0) is 12.0 Å². The summed E-state index contributed by atoms with van der Waals surface area (Å²) in [6, 6.07) is 0. The predicted molar refractivity (Wildman–Crippen MR) is 38.9 cm³/mol. The van der Waals surface area contributed by atoms with E-state index in [1.807, 2.05) is 0 Å². The maximum absolute atomic E-state index is 12.1. The highest BCUT2D eigenvalue weighted by molar-refractivity contribution is 5.18.